The van der Waals surface area contributed by atoms with Crippen LogP contribution in [0.5, 0.6) is 0 Å². The van der Waals surface area contributed by atoms with Crippen molar-refractivity contribution < 1.29 is 15.3 Å². The molecule has 0 saturated heterocycles. The molecule has 0 aromatic heterocycles. The molecule has 3 aromatic carbocycles. The quantitative estimate of drug-likeness (QED) is 0.484. The zero-order chi connectivity index (χ0) is 21.6. The molecule has 3 heteroatoms. The molecule has 0 saturated carbocycles. The summed E-state index contributed by atoms with van der Waals surface area (Å²) < 4.78 is 43.5. The van der Waals surface area contributed by atoms with E-state index in [0.29, 0.717) is 0 Å². The number of hydrogen-bond donors (Lipinski definition) is 1. The third-order valence-corrected chi connectivity index (χ3v) is 6.68. The van der Waals surface area contributed by atoms with Crippen LogP contribution in [-0.4, -0.2) is 19.9 Å². The average Bonchev–Trinajstić information content (AvgIpc) is 2.76. The largest absolute Gasteiger partial charge is 0.368 e. The number of methoxy groups -OCH3 is 1. The molecule has 3 atom stereocenters. The predicted octanol–water partition coefficient (Wildman–Crippen LogP) is 4.22. The van der Waals surface area contributed by atoms with Crippen molar-refractivity contribution in [3.05, 3.63) is 96.6 Å². The Kier molecular flexibility index (Phi) is 4.41. The number of aliphatic hydroxyl groups excluding tert-OH is 1. The van der Waals surface area contributed by atoms with E-state index < -0.39 is 33.3 Å². The van der Waals surface area contributed by atoms with E-state index in [0.717, 1.165) is 16.2 Å². The Labute approximate surface area is 158 Å². The zero-order valence-electron chi connectivity index (χ0n) is 18.7. The van der Waals surface area contributed by atoms with Gasteiger partial charge < -0.3 is 9.85 Å². The SMILES string of the molecule is [2H]O[C@H](OC([2H])([2H])[2H])[C@H]([2H])[C@H](c1ccccc1)P(c1ccccc1)c1ccccc1. The molecule has 0 aliphatic heterocycles. The summed E-state index contributed by atoms with van der Waals surface area (Å²) in [7, 11) is -3.89. The lowest BCUT2D eigenvalue weighted by Gasteiger charge is -2.30. The molecule has 3 aromatic rings. The maximum Gasteiger partial charge on any atom is 0.213 e. The van der Waals surface area contributed by atoms with Crippen LogP contribution in [-0.2, 0) is 4.74 Å². The second-order valence-electron chi connectivity index (χ2n) is 5.58. The van der Waals surface area contributed by atoms with Crippen LogP contribution in [0.2, 0.25) is 0 Å². The first kappa shape index (κ1) is 12.4. The first-order chi connectivity index (χ1) is 14.4. The lowest BCUT2D eigenvalue weighted by atomic mass is 10.1. The molecule has 128 valence electrons. The smallest absolute Gasteiger partial charge is 0.213 e. The number of hydrogen-bond acceptors (Lipinski definition) is 2. The van der Waals surface area contributed by atoms with Crippen LogP contribution >= 0.6 is 7.92 Å². The Morgan fingerprint density at radius 1 is 0.920 bits per heavy atom. The van der Waals surface area contributed by atoms with Gasteiger partial charge in [0.2, 0.25) is 1.43 Å². The van der Waals surface area contributed by atoms with Gasteiger partial charge in [0.25, 0.3) is 0 Å². The molecule has 0 amide bonds. The van der Waals surface area contributed by atoms with Crippen molar-refractivity contribution in [1.82, 2.24) is 0 Å². The minimum Gasteiger partial charge on any atom is -0.368 e. The van der Waals surface area contributed by atoms with E-state index in [4.69, 9.17) is 11.7 Å². The molecule has 25 heavy (non-hydrogen) atoms. The van der Waals surface area contributed by atoms with Gasteiger partial charge >= 0.3 is 0 Å². The van der Waals surface area contributed by atoms with E-state index in [9.17, 15) is 0 Å². The van der Waals surface area contributed by atoms with Crippen LogP contribution in [0.3, 0.4) is 0 Å². The summed E-state index contributed by atoms with van der Waals surface area (Å²) in [5, 5.41) is 6.69. The van der Waals surface area contributed by atoms with Crippen LogP contribution in [0.15, 0.2) is 91.0 Å². The highest BCUT2D eigenvalue weighted by atomic mass is 31.1. The lowest BCUT2D eigenvalue weighted by molar-refractivity contribution is -0.0783. The monoisotopic (exact) mass is 355 g/mol. The van der Waals surface area contributed by atoms with Crippen molar-refractivity contribution in [2.75, 3.05) is 7.04 Å². The number of aliphatic hydroxyl groups is 1. The van der Waals surface area contributed by atoms with E-state index in [1.807, 2.05) is 91.0 Å². The van der Waals surface area contributed by atoms with Crippen LogP contribution in [0.25, 0.3) is 0 Å². The van der Waals surface area contributed by atoms with Gasteiger partial charge in [-0.25, -0.2) is 0 Å². The lowest BCUT2D eigenvalue weighted by Crippen LogP contribution is -2.21. The van der Waals surface area contributed by atoms with Crippen molar-refractivity contribution in [2.24, 2.45) is 0 Å². The highest BCUT2D eigenvalue weighted by Crippen LogP contribution is 2.51. The molecule has 0 spiro atoms. The van der Waals surface area contributed by atoms with Crippen LogP contribution in [0.4, 0.5) is 0 Å². The van der Waals surface area contributed by atoms with Crippen LogP contribution < -0.4 is 10.6 Å². The second-order valence-corrected chi connectivity index (χ2v) is 7.90. The molecule has 0 fully saturated rings. The van der Waals surface area contributed by atoms with Gasteiger partial charge in [-0.05, 0) is 24.1 Å². The summed E-state index contributed by atoms with van der Waals surface area (Å²) in [6, 6.07) is 29.2. The fourth-order valence-electron chi connectivity index (χ4n) is 2.83. The summed E-state index contributed by atoms with van der Waals surface area (Å²) in [5.74, 6) is 0. The maximum atomic E-state index is 8.93. The summed E-state index contributed by atoms with van der Waals surface area (Å²) in [5.41, 5.74) is 0.413. The minimum atomic E-state index is -2.77. The molecule has 0 unspecified atom stereocenters. The highest BCUT2D eigenvalue weighted by Gasteiger charge is 2.28. The summed E-state index contributed by atoms with van der Waals surface area (Å²) >= 11 is 0. The number of rotatable bonds is 8. The van der Waals surface area contributed by atoms with Crippen molar-refractivity contribution in [3.63, 3.8) is 0 Å². The molecule has 0 heterocycles. The average molecular weight is 355 g/mol. The van der Waals surface area contributed by atoms with Crippen LogP contribution in [0.1, 0.15) is 23.1 Å². The Balaban J connectivity index is 2.13. The topological polar surface area (TPSA) is 29.5 Å². The molecule has 0 bridgehead atoms. The van der Waals surface area contributed by atoms with Gasteiger partial charge in [0, 0.05) is 20.5 Å². The van der Waals surface area contributed by atoms with Crippen LogP contribution in [0, 0.1) is 0 Å². The molecule has 0 aliphatic carbocycles. The third-order valence-electron chi connectivity index (χ3n) is 3.94. The standard InChI is InChI=1S/C22H23O2P/c1-24-22(23)17-21(18-11-5-2-6-12-18)25(19-13-7-3-8-14-19)20-15-9-4-10-16-20/h2-16,21-23H,17H2,1H3/t21-,22-/m1/s1/i1D3,17D,23D/t17-,21-,22-. The zero-order valence-corrected chi connectivity index (χ0v) is 14.6. The molecule has 0 aliphatic rings. The maximum absolute atomic E-state index is 8.93. The summed E-state index contributed by atoms with van der Waals surface area (Å²) in [4.78, 5) is 0. The van der Waals surface area contributed by atoms with E-state index in [1.54, 1.807) is 0 Å². The normalized spacial score (nSPS) is 18.2. The van der Waals surface area contributed by atoms with Crippen molar-refractivity contribution in [3.8, 4) is 0 Å². The van der Waals surface area contributed by atoms with Crippen molar-refractivity contribution >= 4 is 18.5 Å². The van der Waals surface area contributed by atoms with Gasteiger partial charge in [-0.1, -0.05) is 91.0 Å². The van der Waals surface area contributed by atoms with Gasteiger partial charge in [0.05, 0.1) is 4.11 Å². The number of benzene rings is 3. The van der Waals surface area contributed by atoms with Gasteiger partial charge in [0.15, 0.2) is 6.29 Å². The Morgan fingerprint density at radius 2 is 1.44 bits per heavy atom. The third kappa shape index (κ3) is 4.55. The van der Waals surface area contributed by atoms with Crippen molar-refractivity contribution in [1.29, 1.82) is 1.43 Å². The van der Waals surface area contributed by atoms with E-state index in [-0.39, 0.29) is 0 Å². The predicted molar refractivity (Wildman–Crippen MR) is 106 cm³/mol. The fraction of sp³-hybridized carbons (Fsp3) is 0.182. The summed E-state index contributed by atoms with van der Waals surface area (Å²) in [6.45, 7) is 0. The highest BCUT2D eigenvalue weighted by molar-refractivity contribution is 7.73. The first-order valence-electron chi connectivity index (χ1n) is 10.6. The molecule has 0 radical (unpaired) electrons. The first-order valence-corrected chi connectivity index (χ1v) is 9.48. The van der Waals surface area contributed by atoms with Crippen molar-refractivity contribution in [2.45, 2.75) is 18.3 Å². The second kappa shape index (κ2) is 8.92. The number of ether oxygens (including phenoxy) is 1. The molecular formula is C22H23O2P. The molecule has 2 nitrogen and oxygen atoms in total. The Morgan fingerprint density at radius 3 is 1.92 bits per heavy atom. The minimum absolute atomic E-state index is 0.455. The van der Waals surface area contributed by atoms with Gasteiger partial charge in [0.1, 0.15) is 0 Å². The fourth-order valence-corrected chi connectivity index (χ4v) is 5.54. The Bertz CT molecular complexity index is 854. The molecular weight excluding hydrogens is 327 g/mol. The van der Waals surface area contributed by atoms with E-state index >= 15 is 0 Å². The van der Waals surface area contributed by atoms with Gasteiger partial charge in [-0.3, -0.25) is 0 Å². The van der Waals surface area contributed by atoms with E-state index in [1.165, 1.54) is 0 Å². The molecule has 3 rings (SSSR count). The van der Waals surface area contributed by atoms with Gasteiger partial charge in [-0.2, -0.15) is 0 Å². The van der Waals surface area contributed by atoms with Gasteiger partial charge in [-0.15, -0.1) is 0 Å². The summed E-state index contributed by atoms with van der Waals surface area (Å²) in [6.07, 6.45) is -2.67. The van der Waals surface area contributed by atoms with E-state index in [2.05, 4.69) is 5.11 Å². The molecule has 1 N–H and O–H groups in total. The Hall–Kier alpha value is -1.99.